The molecule has 0 bridgehead atoms. The summed E-state index contributed by atoms with van der Waals surface area (Å²) < 4.78 is 5.18. The number of thiophene rings is 2. The quantitative estimate of drug-likeness (QED) is 0.0848. The van der Waals surface area contributed by atoms with E-state index in [0.29, 0.717) is 0 Å². The van der Waals surface area contributed by atoms with E-state index in [-0.39, 0.29) is 10.8 Å². The van der Waals surface area contributed by atoms with Gasteiger partial charge in [0.15, 0.2) is 0 Å². The van der Waals surface area contributed by atoms with Crippen LogP contribution in [0.2, 0.25) is 0 Å². The number of aryl methyl sites for hydroxylation is 2. The van der Waals surface area contributed by atoms with Crippen molar-refractivity contribution in [3.63, 3.8) is 0 Å². The fourth-order valence-electron chi connectivity index (χ4n) is 24.4. The molecule has 0 aliphatic heterocycles. The predicted octanol–water partition coefficient (Wildman–Crippen LogP) is 40.2. The Morgan fingerprint density at radius 1 is 0.180 bits per heavy atom. The lowest BCUT2D eigenvalue weighted by molar-refractivity contribution is 0.714. The molecule has 150 heavy (non-hydrogen) atoms. The normalized spacial score (nSPS) is 14.7. The van der Waals surface area contributed by atoms with Crippen LogP contribution < -0.4 is 14.7 Å². The number of hydrogen-bond acceptors (Lipinski definition) is 5. The summed E-state index contributed by atoms with van der Waals surface area (Å²) in [6.07, 6.45) is 0. The molecule has 0 saturated carbocycles. The van der Waals surface area contributed by atoms with Gasteiger partial charge in [-0.2, -0.15) is 0 Å². The topological polar surface area (TPSA) is 9.72 Å². The fourth-order valence-corrected chi connectivity index (χ4v) is 26.9. The molecule has 2 heterocycles. The largest absolute Gasteiger partial charge is 0.310 e. The van der Waals surface area contributed by atoms with Crippen molar-refractivity contribution in [1.29, 1.82) is 0 Å². The number of fused-ring (bicyclic) bond motifs is 15. The Morgan fingerprint density at radius 3 is 0.993 bits per heavy atom. The molecule has 0 spiro atoms. The van der Waals surface area contributed by atoms with Crippen molar-refractivity contribution >= 4 is 114 Å². The van der Waals surface area contributed by atoms with Crippen molar-refractivity contribution in [1.82, 2.24) is 0 Å². The Balaban J connectivity index is 0.000000114. The molecule has 3 aliphatic carbocycles. The minimum atomic E-state index is -0.488. The molecule has 25 aromatic rings. The second-order valence-electron chi connectivity index (χ2n) is 39.9. The van der Waals surface area contributed by atoms with Gasteiger partial charge in [-0.25, -0.2) is 0 Å². The Labute approximate surface area is 885 Å². The van der Waals surface area contributed by atoms with Gasteiger partial charge >= 0.3 is 0 Å². The summed E-state index contributed by atoms with van der Waals surface area (Å²) in [5.74, 6) is 0. The molecule has 28 rings (SSSR count). The monoisotopic (exact) mass is 1950 g/mol. The molecule has 0 saturated heterocycles. The van der Waals surface area contributed by atoms with Crippen LogP contribution in [0.3, 0.4) is 0 Å². The van der Waals surface area contributed by atoms with Gasteiger partial charge in [0.2, 0.25) is 0 Å². The molecule has 712 valence electrons. The SMILES string of the molecule is CC1(c2ccccc2)c2ccccc2-c2c(N(c3ccc(-c4ccccc4)cc3)c3cccc4c3sc3c(-c5ccccc5)cccc34)cccc21.Cc1cc(-c2ccccc2)ccc1N(c1ccc(-c2ccccc2)cc1)c1cccc2c1-c1ccccc1C2(C)c1ccccc1.Cc1ccc(C2(c3ccccc3)c3ccccc3-c3c(N(c4cccc(-c5ccccc5)c4)c4cccc5c4sc4ccccc45)cccc32)cc1. The second kappa shape index (κ2) is 38.7. The van der Waals surface area contributed by atoms with Crippen LogP contribution in [-0.4, -0.2) is 0 Å². The molecular formula is C145H105N3S2. The van der Waals surface area contributed by atoms with Gasteiger partial charge in [0.25, 0.3) is 0 Å². The van der Waals surface area contributed by atoms with E-state index in [1.54, 1.807) is 0 Å². The van der Waals surface area contributed by atoms with Gasteiger partial charge in [0.05, 0.1) is 43.3 Å². The lowest BCUT2D eigenvalue weighted by Gasteiger charge is -2.34. The van der Waals surface area contributed by atoms with Crippen molar-refractivity contribution in [2.24, 2.45) is 0 Å². The maximum absolute atomic E-state index is 2.52. The third kappa shape index (κ3) is 15.7. The van der Waals surface area contributed by atoms with E-state index in [2.05, 4.69) is 607 Å². The van der Waals surface area contributed by atoms with E-state index in [4.69, 9.17) is 0 Å². The van der Waals surface area contributed by atoms with E-state index >= 15 is 0 Å². The van der Waals surface area contributed by atoms with Gasteiger partial charge in [0, 0.05) is 81.2 Å². The average Bonchev–Trinajstić information content (AvgIpc) is 1.65. The highest BCUT2D eigenvalue weighted by atomic mass is 32.1. The van der Waals surface area contributed by atoms with E-state index in [9.17, 15) is 0 Å². The van der Waals surface area contributed by atoms with Gasteiger partial charge < -0.3 is 14.7 Å². The summed E-state index contributed by atoms with van der Waals surface area (Å²) in [7, 11) is 0. The van der Waals surface area contributed by atoms with E-state index in [1.165, 1.54) is 230 Å². The first-order valence-electron chi connectivity index (χ1n) is 51.9. The van der Waals surface area contributed by atoms with Crippen LogP contribution in [0, 0.1) is 13.8 Å². The lowest BCUT2D eigenvalue weighted by Crippen LogP contribution is -2.28. The lowest BCUT2D eigenvalue weighted by atomic mass is 9.67. The zero-order chi connectivity index (χ0) is 100. The second-order valence-corrected chi connectivity index (χ2v) is 41.9. The number of hydrogen-bond donors (Lipinski definition) is 0. The first-order chi connectivity index (χ1) is 74.0. The molecule has 0 amide bonds. The summed E-state index contributed by atoms with van der Waals surface area (Å²) in [5.41, 5.74) is 45.0. The maximum atomic E-state index is 2.52. The minimum Gasteiger partial charge on any atom is -0.310 e. The first kappa shape index (κ1) is 91.8. The number of nitrogens with zero attached hydrogens (tertiary/aromatic N) is 3. The van der Waals surface area contributed by atoms with Gasteiger partial charge in [-0.1, -0.05) is 485 Å². The van der Waals surface area contributed by atoms with Crippen molar-refractivity contribution < 1.29 is 0 Å². The molecule has 3 nitrogen and oxygen atoms in total. The summed E-state index contributed by atoms with van der Waals surface area (Å²) in [4.78, 5) is 7.50. The van der Waals surface area contributed by atoms with E-state index in [0.717, 1.165) is 17.1 Å². The molecule has 3 atom stereocenters. The molecule has 23 aromatic carbocycles. The molecule has 0 N–H and O–H groups in total. The molecule has 3 aliphatic rings. The summed E-state index contributed by atoms with van der Waals surface area (Å²) in [6, 6.07) is 207. The van der Waals surface area contributed by atoms with Crippen LogP contribution >= 0.6 is 22.7 Å². The van der Waals surface area contributed by atoms with Crippen LogP contribution in [0.4, 0.5) is 51.2 Å². The zero-order valence-corrected chi connectivity index (χ0v) is 85.5. The van der Waals surface area contributed by atoms with Gasteiger partial charge in [-0.15, -0.1) is 22.7 Å². The fraction of sp³-hybridized carbons (Fsp3) is 0.0483. The van der Waals surface area contributed by atoms with Crippen LogP contribution in [0.5, 0.6) is 0 Å². The van der Waals surface area contributed by atoms with Crippen LogP contribution in [0.15, 0.2) is 564 Å². The standard InChI is InChI=1S/2C50H35NS.C45H35N/c1-50(37-20-9-4-10-21-37)43-26-12-11-22-42(43)47-44(50)27-15-28-45(47)51(38-32-30-35(31-33-38)34-16-5-2-6-17-34)46-29-14-25-41-40-24-13-23-39(48(40)52-49(41)46)36-18-7-3-8-19-36;1-34-29-31-38(32-30-34)50(37-18-6-3-7-19-37)43-24-10-8-22-42(43)48-44(50)25-14-26-45(48)51(39-20-12-17-36(33-39)35-15-4-2-5-16-35)46-27-13-23-41-40-21-9-11-28-47(40)52-49(41)46;1-32-31-36(34-17-8-4-9-18-34)27-30-42(32)46(38-28-25-35(26-29-38)33-15-6-3-7-16-33)43-24-14-23-41-44(43)39-21-12-13-22-40(39)45(41,2)37-19-10-5-11-20-37/h2*2-33H,1H3;3-31H,1-2H3. The Bertz CT molecular complexity index is 9340. The molecule has 0 fully saturated rings. The van der Waals surface area contributed by atoms with E-state index < -0.39 is 5.41 Å². The predicted molar refractivity (Wildman–Crippen MR) is 638 cm³/mol. The van der Waals surface area contributed by atoms with Crippen LogP contribution in [-0.2, 0) is 16.2 Å². The molecule has 2 aromatic heterocycles. The molecule has 3 unspecified atom stereocenters. The van der Waals surface area contributed by atoms with Crippen molar-refractivity contribution in [2.45, 2.75) is 43.9 Å². The summed E-state index contributed by atoms with van der Waals surface area (Å²) in [6.45, 7) is 9.19. The first-order valence-corrected chi connectivity index (χ1v) is 53.5. The van der Waals surface area contributed by atoms with Crippen LogP contribution in [0.1, 0.15) is 80.6 Å². The Hall–Kier alpha value is -18.1. The highest BCUT2D eigenvalue weighted by Crippen LogP contribution is 2.64. The third-order valence-electron chi connectivity index (χ3n) is 31.5. The number of anilines is 9. The van der Waals surface area contributed by atoms with Gasteiger partial charge in [-0.3, -0.25) is 0 Å². The zero-order valence-electron chi connectivity index (χ0n) is 83.9. The van der Waals surface area contributed by atoms with Gasteiger partial charge in [0.1, 0.15) is 0 Å². The minimum absolute atomic E-state index is 0.266. The molecular weight excluding hydrogens is 1850 g/mol. The van der Waals surface area contributed by atoms with Crippen LogP contribution in [0.25, 0.3) is 129 Å². The summed E-state index contributed by atoms with van der Waals surface area (Å²) >= 11 is 3.78. The number of rotatable bonds is 18. The average molecular weight is 1950 g/mol. The highest BCUT2D eigenvalue weighted by molar-refractivity contribution is 7.27. The number of benzene rings is 23. The van der Waals surface area contributed by atoms with Gasteiger partial charge in [-0.05, 0) is 246 Å². The third-order valence-corrected chi connectivity index (χ3v) is 34.0. The Morgan fingerprint density at radius 2 is 0.493 bits per heavy atom. The highest BCUT2D eigenvalue weighted by Gasteiger charge is 2.49. The van der Waals surface area contributed by atoms with Crippen molar-refractivity contribution in [2.75, 3.05) is 14.7 Å². The van der Waals surface area contributed by atoms with Crippen molar-refractivity contribution in [3.8, 4) is 89.0 Å². The Kier molecular flexibility index (Phi) is 23.7. The molecule has 0 radical (unpaired) electrons. The van der Waals surface area contributed by atoms with E-state index in [1.807, 2.05) is 22.7 Å². The van der Waals surface area contributed by atoms with Crippen molar-refractivity contribution in [3.05, 3.63) is 631 Å². The smallest absolute Gasteiger partial charge is 0.0714 e. The molecule has 5 heteroatoms. The summed E-state index contributed by atoms with van der Waals surface area (Å²) in [5, 5.41) is 5.16. The maximum Gasteiger partial charge on any atom is 0.0714 e.